The SMILES string of the molecule is Cl.NCc1nccc(OC(F)F)c1Cl. The number of nitrogens with two attached hydrogens (primary N) is 1. The number of alkyl halides is 2. The van der Waals surface area contributed by atoms with Gasteiger partial charge >= 0.3 is 6.61 Å². The predicted octanol–water partition coefficient (Wildman–Crippen LogP) is 2.22. The highest BCUT2D eigenvalue weighted by atomic mass is 35.5. The van der Waals surface area contributed by atoms with Gasteiger partial charge in [0.15, 0.2) is 0 Å². The maximum absolute atomic E-state index is 11.8. The van der Waals surface area contributed by atoms with Gasteiger partial charge in [0.2, 0.25) is 0 Å². The Labute approximate surface area is 90.6 Å². The molecule has 0 bridgehead atoms. The van der Waals surface area contributed by atoms with Crippen molar-refractivity contribution in [1.82, 2.24) is 4.98 Å². The van der Waals surface area contributed by atoms with E-state index in [4.69, 9.17) is 17.3 Å². The number of hydrogen-bond donors (Lipinski definition) is 1. The van der Waals surface area contributed by atoms with E-state index in [0.29, 0.717) is 5.69 Å². The summed E-state index contributed by atoms with van der Waals surface area (Å²) in [5, 5.41) is 0.0327. The molecule has 0 aromatic carbocycles. The molecule has 0 unspecified atom stereocenters. The Bertz CT molecular complexity index is 299. The summed E-state index contributed by atoms with van der Waals surface area (Å²) in [5.41, 5.74) is 5.59. The van der Waals surface area contributed by atoms with Gasteiger partial charge in [-0.3, -0.25) is 4.98 Å². The fraction of sp³-hybridized carbons (Fsp3) is 0.286. The predicted molar refractivity (Wildman–Crippen MR) is 51.0 cm³/mol. The first kappa shape index (κ1) is 13.4. The summed E-state index contributed by atoms with van der Waals surface area (Å²) in [6.07, 6.45) is 1.31. The van der Waals surface area contributed by atoms with Crippen LogP contribution < -0.4 is 10.5 Å². The zero-order chi connectivity index (χ0) is 9.84. The minimum absolute atomic E-state index is 0. The van der Waals surface area contributed by atoms with Crippen molar-refractivity contribution in [1.29, 1.82) is 0 Å². The number of pyridine rings is 1. The van der Waals surface area contributed by atoms with E-state index in [2.05, 4.69) is 9.72 Å². The van der Waals surface area contributed by atoms with Crippen LogP contribution in [0, 0.1) is 0 Å². The molecule has 1 rings (SSSR count). The van der Waals surface area contributed by atoms with Crippen molar-refractivity contribution in [3.05, 3.63) is 23.0 Å². The van der Waals surface area contributed by atoms with Gasteiger partial charge in [0, 0.05) is 18.8 Å². The lowest BCUT2D eigenvalue weighted by Gasteiger charge is -2.07. The van der Waals surface area contributed by atoms with Crippen LogP contribution in [-0.2, 0) is 6.54 Å². The topological polar surface area (TPSA) is 48.1 Å². The van der Waals surface area contributed by atoms with Crippen LogP contribution in [0.5, 0.6) is 5.75 Å². The maximum Gasteiger partial charge on any atom is 0.387 e. The molecule has 0 saturated heterocycles. The van der Waals surface area contributed by atoms with Crippen molar-refractivity contribution in [2.45, 2.75) is 13.2 Å². The smallest absolute Gasteiger partial charge is 0.387 e. The molecule has 0 saturated carbocycles. The lowest BCUT2D eigenvalue weighted by atomic mass is 10.3. The van der Waals surface area contributed by atoms with Crippen LogP contribution in [0.4, 0.5) is 8.78 Å². The highest BCUT2D eigenvalue weighted by Gasteiger charge is 2.11. The third kappa shape index (κ3) is 3.25. The Morgan fingerprint density at radius 3 is 2.71 bits per heavy atom. The Balaban J connectivity index is 0.00000169. The monoisotopic (exact) mass is 244 g/mol. The molecule has 0 aliphatic carbocycles. The average Bonchev–Trinajstić information content (AvgIpc) is 2.08. The quantitative estimate of drug-likeness (QED) is 0.888. The lowest BCUT2D eigenvalue weighted by Crippen LogP contribution is -2.06. The van der Waals surface area contributed by atoms with Gasteiger partial charge in [-0.2, -0.15) is 8.78 Å². The molecular weight excluding hydrogens is 237 g/mol. The van der Waals surface area contributed by atoms with E-state index in [1.165, 1.54) is 12.3 Å². The van der Waals surface area contributed by atoms with Crippen molar-refractivity contribution in [2.75, 3.05) is 0 Å². The normalized spacial score (nSPS) is 9.79. The van der Waals surface area contributed by atoms with Crippen molar-refractivity contribution < 1.29 is 13.5 Å². The molecule has 3 nitrogen and oxygen atoms in total. The molecule has 2 N–H and O–H groups in total. The number of nitrogens with zero attached hydrogens (tertiary/aromatic N) is 1. The number of ether oxygens (including phenoxy) is 1. The second-order valence-electron chi connectivity index (χ2n) is 2.15. The summed E-state index contributed by atoms with van der Waals surface area (Å²) in [4.78, 5) is 3.78. The summed E-state index contributed by atoms with van der Waals surface area (Å²) in [7, 11) is 0. The minimum Gasteiger partial charge on any atom is -0.433 e. The molecule has 0 aliphatic heterocycles. The van der Waals surface area contributed by atoms with Crippen LogP contribution in [0.25, 0.3) is 0 Å². The van der Waals surface area contributed by atoms with Crippen molar-refractivity contribution >= 4 is 24.0 Å². The fourth-order valence-electron chi connectivity index (χ4n) is 0.796. The van der Waals surface area contributed by atoms with Gasteiger partial charge in [0.25, 0.3) is 0 Å². The number of hydrogen-bond acceptors (Lipinski definition) is 3. The Kier molecular flexibility index (Phi) is 5.68. The first-order valence-electron chi connectivity index (χ1n) is 3.43. The molecular formula is C7H8Cl2F2N2O. The number of halogens is 4. The molecule has 14 heavy (non-hydrogen) atoms. The summed E-state index contributed by atoms with van der Waals surface area (Å²) in [6, 6.07) is 1.26. The second-order valence-corrected chi connectivity index (χ2v) is 2.53. The minimum atomic E-state index is -2.90. The van der Waals surface area contributed by atoms with Crippen molar-refractivity contribution in [3.8, 4) is 5.75 Å². The summed E-state index contributed by atoms with van der Waals surface area (Å²) in [5.74, 6) is -0.105. The maximum atomic E-state index is 11.8. The van der Waals surface area contributed by atoms with E-state index in [9.17, 15) is 8.78 Å². The molecule has 0 aliphatic rings. The van der Waals surface area contributed by atoms with Crippen LogP contribution in [0.2, 0.25) is 5.02 Å². The molecule has 1 aromatic rings. The van der Waals surface area contributed by atoms with Gasteiger partial charge in [-0.1, -0.05) is 11.6 Å². The van der Waals surface area contributed by atoms with E-state index in [0.717, 1.165) is 0 Å². The van der Waals surface area contributed by atoms with Crippen molar-refractivity contribution in [2.24, 2.45) is 5.73 Å². The molecule has 80 valence electrons. The van der Waals surface area contributed by atoms with Crippen LogP contribution in [0.3, 0.4) is 0 Å². The van der Waals surface area contributed by atoms with E-state index in [1.807, 2.05) is 0 Å². The molecule has 0 amide bonds. The molecule has 1 heterocycles. The van der Waals surface area contributed by atoms with Crippen LogP contribution >= 0.6 is 24.0 Å². The van der Waals surface area contributed by atoms with Crippen LogP contribution in [0.1, 0.15) is 5.69 Å². The lowest BCUT2D eigenvalue weighted by molar-refractivity contribution is -0.0498. The zero-order valence-corrected chi connectivity index (χ0v) is 8.49. The Morgan fingerprint density at radius 2 is 2.21 bits per heavy atom. The molecule has 0 fully saturated rings. The van der Waals surface area contributed by atoms with E-state index >= 15 is 0 Å². The van der Waals surface area contributed by atoms with E-state index < -0.39 is 6.61 Å². The number of rotatable bonds is 3. The molecule has 0 spiro atoms. The van der Waals surface area contributed by atoms with Crippen molar-refractivity contribution in [3.63, 3.8) is 0 Å². The van der Waals surface area contributed by atoms with Crippen LogP contribution in [-0.4, -0.2) is 11.6 Å². The highest BCUT2D eigenvalue weighted by molar-refractivity contribution is 6.32. The molecule has 1 aromatic heterocycles. The average molecular weight is 245 g/mol. The molecule has 0 atom stereocenters. The fourth-order valence-corrected chi connectivity index (χ4v) is 1.03. The summed E-state index contributed by atoms with van der Waals surface area (Å²) in [6.45, 7) is -2.82. The first-order chi connectivity index (χ1) is 6.15. The second kappa shape index (κ2) is 5.95. The van der Waals surface area contributed by atoms with E-state index in [1.54, 1.807) is 0 Å². The largest absolute Gasteiger partial charge is 0.433 e. The van der Waals surface area contributed by atoms with Gasteiger partial charge in [0.1, 0.15) is 10.8 Å². The Hall–Kier alpha value is -0.650. The van der Waals surface area contributed by atoms with Gasteiger partial charge in [-0.15, -0.1) is 12.4 Å². The zero-order valence-electron chi connectivity index (χ0n) is 6.91. The molecule has 0 radical (unpaired) electrons. The van der Waals surface area contributed by atoms with Gasteiger partial charge in [-0.05, 0) is 0 Å². The van der Waals surface area contributed by atoms with Gasteiger partial charge in [0.05, 0.1) is 5.69 Å². The Morgan fingerprint density at radius 1 is 1.57 bits per heavy atom. The first-order valence-corrected chi connectivity index (χ1v) is 3.81. The number of aromatic nitrogens is 1. The molecule has 7 heteroatoms. The highest BCUT2D eigenvalue weighted by Crippen LogP contribution is 2.27. The summed E-state index contributed by atoms with van der Waals surface area (Å²) >= 11 is 5.65. The van der Waals surface area contributed by atoms with Crippen LogP contribution in [0.15, 0.2) is 12.3 Å². The standard InChI is InChI=1S/C7H7ClF2N2O.ClH/c8-6-4(3-11)12-2-1-5(6)13-7(9)10;/h1-2,7H,3,11H2;1H. The summed E-state index contributed by atoms with van der Waals surface area (Å²) < 4.78 is 27.7. The third-order valence-corrected chi connectivity index (χ3v) is 1.74. The van der Waals surface area contributed by atoms with E-state index in [-0.39, 0.29) is 29.7 Å². The van der Waals surface area contributed by atoms with Gasteiger partial charge in [-0.25, -0.2) is 0 Å². The third-order valence-electron chi connectivity index (χ3n) is 1.34. The van der Waals surface area contributed by atoms with Gasteiger partial charge < -0.3 is 10.5 Å².